The van der Waals surface area contributed by atoms with E-state index in [1.165, 1.54) is 4.88 Å². The first-order valence-corrected chi connectivity index (χ1v) is 9.27. The molecule has 1 aliphatic carbocycles. The van der Waals surface area contributed by atoms with Crippen LogP contribution in [0.4, 0.5) is 0 Å². The van der Waals surface area contributed by atoms with Gasteiger partial charge in [0.25, 0.3) is 5.56 Å². The number of aliphatic hydroxyl groups is 1. The van der Waals surface area contributed by atoms with Crippen molar-refractivity contribution in [2.45, 2.75) is 58.5 Å². The standard InChI is InChI=1S/C17H25N3O2S/c1-11-12(2)23-16-15(11)17(22)20(13-6-7-13)14(19-16)10-18-8-4-3-5-9-21/h13,18,21H,3-10H2,1-2H3. The molecule has 1 aliphatic rings. The van der Waals surface area contributed by atoms with E-state index in [4.69, 9.17) is 10.1 Å². The molecular weight excluding hydrogens is 310 g/mol. The van der Waals surface area contributed by atoms with E-state index in [9.17, 15) is 4.79 Å². The summed E-state index contributed by atoms with van der Waals surface area (Å²) in [7, 11) is 0. The van der Waals surface area contributed by atoms with Gasteiger partial charge in [0.15, 0.2) is 0 Å². The van der Waals surface area contributed by atoms with Gasteiger partial charge >= 0.3 is 0 Å². The number of hydrogen-bond acceptors (Lipinski definition) is 5. The second-order valence-corrected chi connectivity index (χ2v) is 7.56. The molecule has 1 fully saturated rings. The zero-order chi connectivity index (χ0) is 16.4. The minimum absolute atomic E-state index is 0.136. The Labute approximate surface area is 140 Å². The van der Waals surface area contributed by atoms with E-state index in [1.807, 2.05) is 11.5 Å². The summed E-state index contributed by atoms with van der Waals surface area (Å²) in [6.07, 6.45) is 5.08. The van der Waals surface area contributed by atoms with Crippen molar-refractivity contribution in [1.29, 1.82) is 0 Å². The van der Waals surface area contributed by atoms with Crippen LogP contribution in [0.3, 0.4) is 0 Å². The number of fused-ring (bicyclic) bond motifs is 1. The molecule has 0 saturated heterocycles. The van der Waals surface area contributed by atoms with Crippen LogP contribution in [0.5, 0.6) is 0 Å². The number of aryl methyl sites for hydroxylation is 2. The summed E-state index contributed by atoms with van der Waals surface area (Å²) < 4.78 is 1.92. The highest BCUT2D eigenvalue weighted by Crippen LogP contribution is 2.36. The lowest BCUT2D eigenvalue weighted by Gasteiger charge is -2.12. The zero-order valence-corrected chi connectivity index (χ0v) is 14.7. The predicted octanol–water partition coefficient (Wildman–Crippen LogP) is 2.66. The third kappa shape index (κ3) is 3.49. The first kappa shape index (κ1) is 16.6. The van der Waals surface area contributed by atoms with E-state index in [1.54, 1.807) is 11.3 Å². The molecule has 0 spiro atoms. The Balaban J connectivity index is 1.81. The summed E-state index contributed by atoms with van der Waals surface area (Å²) in [5.41, 5.74) is 1.22. The van der Waals surface area contributed by atoms with Crippen LogP contribution in [-0.2, 0) is 6.54 Å². The first-order valence-electron chi connectivity index (χ1n) is 8.46. The van der Waals surface area contributed by atoms with Gasteiger partial charge in [-0.15, -0.1) is 11.3 Å². The molecule has 0 aliphatic heterocycles. The summed E-state index contributed by atoms with van der Waals surface area (Å²) in [6, 6.07) is 0.338. The molecule has 1 saturated carbocycles. The summed E-state index contributed by atoms with van der Waals surface area (Å²) in [4.78, 5) is 19.8. The van der Waals surface area contributed by atoms with Crippen molar-refractivity contribution < 1.29 is 5.11 Å². The molecule has 2 aromatic rings. The van der Waals surface area contributed by atoms with E-state index >= 15 is 0 Å². The molecule has 0 aromatic carbocycles. The minimum atomic E-state index is 0.136. The van der Waals surface area contributed by atoms with E-state index in [-0.39, 0.29) is 12.2 Å². The lowest BCUT2D eigenvalue weighted by Crippen LogP contribution is -2.28. The van der Waals surface area contributed by atoms with Gasteiger partial charge in [0, 0.05) is 17.5 Å². The minimum Gasteiger partial charge on any atom is -0.396 e. The van der Waals surface area contributed by atoms with Gasteiger partial charge < -0.3 is 10.4 Å². The molecule has 126 valence electrons. The molecule has 2 heterocycles. The average Bonchev–Trinajstić information content (AvgIpc) is 3.30. The molecule has 3 rings (SSSR count). The lowest BCUT2D eigenvalue weighted by molar-refractivity contribution is 0.282. The van der Waals surface area contributed by atoms with Crippen molar-refractivity contribution in [1.82, 2.24) is 14.9 Å². The van der Waals surface area contributed by atoms with Gasteiger partial charge in [0.2, 0.25) is 0 Å². The summed E-state index contributed by atoms with van der Waals surface area (Å²) in [5, 5.41) is 13.0. The van der Waals surface area contributed by atoms with Crippen molar-refractivity contribution in [3.8, 4) is 0 Å². The summed E-state index contributed by atoms with van der Waals surface area (Å²) >= 11 is 1.62. The van der Waals surface area contributed by atoms with Crippen molar-refractivity contribution >= 4 is 21.6 Å². The second kappa shape index (κ2) is 7.11. The van der Waals surface area contributed by atoms with Crippen molar-refractivity contribution in [3.05, 3.63) is 26.6 Å². The van der Waals surface area contributed by atoms with E-state index in [2.05, 4.69) is 12.2 Å². The molecule has 2 N–H and O–H groups in total. The monoisotopic (exact) mass is 335 g/mol. The molecule has 0 amide bonds. The highest BCUT2D eigenvalue weighted by atomic mass is 32.1. The summed E-state index contributed by atoms with van der Waals surface area (Å²) in [6.45, 7) is 5.86. The smallest absolute Gasteiger partial charge is 0.262 e. The van der Waals surface area contributed by atoms with Gasteiger partial charge in [0.1, 0.15) is 10.7 Å². The van der Waals surface area contributed by atoms with Gasteiger partial charge in [0.05, 0.1) is 11.9 Å². The number of nitrogens with one attached hydrogen (secondary N) is 1. The largest absolute Gasteiger partial charge is 0.396 e. The van der Waals surface area contributed by atoms with Crippen LogP contribution in [-0.4, -0.2) is 27.8 Å². The molecule has 6 heteroatoms. The van der Waals surface area contributed by atoms with E-state index in [0.29, 0.717) is 12.6 Å². The molecule has 5 nitrogen and oxygen atoms in total. The molecule has 2 aromatic heterocycles. The Kier molecular flexibility index (Phi) is 5.14. The Morgan fingerprint density at radius 2 is 2.09 bits per heavy atom. The van der Waals surface area contributed by atoms with Gasteiger partial charge in [-0.1, -0.05) is 0 Å². The molecule has 0 bridgehead atoms. The number of hydrogen-bond donors (Lipinski definition) is 2. The van der Waals surface area contributed by atoms with Crippen LogP contribution in [0, 0.1) is 13.8 Å². The third-order valence-corrected chi connectivity index (χ3v) is 5.62. The van der Waals surface area contributed by atoms with Crippen molar-refractivity contribution in [2.24, 2.45) is 0 Å². The first-order chi connectivity index (χ1) is 11.1. The molecule has 23 heavy (non-hydrogen) atoms. The molecule has 0 radical (unpaired) electrons. The topological polar surface area (TPSA) is 67.2 Å². The number of nitrogens with zero attached hydrogens (tertiary/aromatic N) is 2. The molecule has 0 unspecified atom stereocenters. The van der Waals surface area contributed by atoms with Crippen LogP contribution in [0.1, 0.15) is 54.4 Å². The van der Waals surface area contributed by atoms with Crippen LogP contribution in [0.2, 0.25) is 0 Å². The van der Waals surface area contributed by atoms with Gasteiger partial charge in [-0.25, -0.2) is 4.98 Å². The number of rotatable bonds is 8. The highest BCUT2D eigenvalue weighted by molar-refractivity contribution is 7.18. The van der Waals surface area contributed by atoms with Crippen LogP contribution in [0.25, 0.3) is 10.2 Å². The van der Waals surface area contributed by atoms with Gasteiger partial charge in [-0.3, -0.25) is 9.36 Å². The maximum Gasteiger partial charge on any atom is 0.262 e. The fourth-order valence-corrected chi connectivity index (χ4v) is 3.96. The highest BCUT2D eigenvalue weighted by Gasteiger charge is 2.29. The van der Waals surface area contributed by atoms with E-state index < -0.39 is 0 Å². The molecule has 0 atom stereocenters. The Bertz CT molecular complexity index is 746. The third-order valence-electron chi connectivity index (χ3n) is 4.51. The van der Waals surface area contributed by atoms with Gasteiger partial charge in [-0.2, -0.15) is 0 Å². The zero-order valence-electron chi connectivity index (χ0n) is 13.9. The van der Waals surface area contributed by atoms with Crippen LogP contribution >= 0.6 is 11.3 Å². The Morgan fingerprint density at radius 1 is 1.30 bits per heavy atom. The maximum absolute atomic E-state index is 12.9. The average molecular weight is 335 g/mol. The lowest BCUT2D eigenvalue weighted by atomic mass is 10.2. The fourth-order valence-electron chi connectivity index (χ4n) is 2.92. The van der Waals surface area contributed by atoms with E-state index in [0.717, 1.165) is 60.3 Å². The van der Waals surface area contributed by atoms with Gasteiger partial charge in [-0.05, 0) is 58.1 Å². The number of unbranched alkanes of at least 4 members (excludes halogenated alkanes) is 2. The SMILES string of the molecule is Cc1sc2nc(CNCCCCCO)n(C3CC3)c(=O)c2c1C. The van der Waals surface area contributed by atoms with Crippen LogP contribution < -0.4 is 10.9 Å². The normalized spacial score (nSPS) is 14.7. The van der Waals surface area contributed by atoms with Crippen molar-refractivity contribution in [2.75, 3.05) is 13.2 Å². The predicted molar refractivity (Wildman–Crippen MR) is 94.3 cm³/mol. The summed E-state index contributed by atoms with van der Waals surface area (Å²) in [5.74, 6) is 0.869. The Hall–Kier alpha value is -1.24. The number of aliphatic hydroxyl groups excluding tert-OH is 1. The fraction of sp³-hybridized carbons (Fsp3) is 0.647. The number of aromatic nitrogens is 2. The Morgan fingerprint density at radius 3 is 2.78 bits per heavy atom. The van der Waals surface area contributed by atoms with Crippen LogP contribution in [0.15, 0.2) is 4.79 Å². The maximum atomic E-state index is 12.9. The second-order valence-electron chi connectivity index (χ2n) is 6.36. The number of thiophene rings is 1. The van der Waals surface area contributed by atoms with Crippen molar-refractivity contribution in [3.63, 3.8) is 0 Å². The molecular formula is C17H25N3O2S. The quantitative estimate of drug-likeness (QED) is 0.728.